The highest BCUT2D eigenvalue weighted by Crippen LogP contribution is 2.31. The van der Waals surface area contributed by atoms with Crippen LogP contribution in [0.1, 0.15) is 17.4 Å². The first-order chi connectivity index (χ1) is 10.2. The molecule has 0 radical (unpaired) electrons. The minimum Gasteiger partial charge on any atom is -0.396 e. The van der Waals surface area contributed by atoms with Crippen molar-refractivity contribution in [1.29, 1.82) is 0 Å². The number of halogens is 1. The Morgan fingerprint density at radius 3 is 2.86 bits per heavy atom. The Kier molecular flexibility index (Phi) is 4.12. The number of hydrogen-bond acceptors (Lipinski definition) is 3. The van der Waals surface area contributed by atoms with Crippen molar-refractivity contribution in [3.8, 4) is 10.6 Å². The molecule has 0 amide bonds. The second-order valence-corrected chi connectivity index (χ2v) is 6.96. The van der Waals surface area contributed by atoms with Crippen LogP contribution in [0.5, 0.6) is 0 Å². The van der Waals surface area contributed by atoms with Crippen molar-refractivity contribution in [1.82, 2.24) is 9.78 Å². The molecule has 0 fully saturated rings. The third-order valence-electron chi connectivity index (χ3n) is 3.27. The van der Waals surface area contributed by atoms with Crippen LogP contribution in [-0.4, -0.2) is 9.78 Å². The molecule has 2 aromatic heterocycles. The van der Waals surface area contributed by atoms with E-state index in [0.717, 1.165) is 33.7 Å². The van der Waals surface area contributed by atoms with E-state index < -0.39 is 0 Å². The Balaban J connectivity index is 1.87. The first-order valence-electron chi connectivity index (χ1n) is 6.82. The van der Waals surface area contributed by atoms with Gasteiger partial charge in [-0.2, -0.15) is 5.10 Å². The molecule has 2 heterocycles. The summed E-state index contributed by atoms with van der Waals surface area (Å²) in [5, 5.41) is 4.64. The molecule has 2 N–H and O–H groups in total. The monoisotopic (exact) mass is 361 g/mol. The van der Waals surface area contributed by atoms with Gasteiger partial charge in [-0.3, -0.25) is 4.68 Å². The quantitative estimate of drug-likeness (QED) is 0.739. The van der Waals surface area contributed by atoms with Gasteiger partial charge in [0.15, 0.2) is 0 Å². The molecule has 0 saturated heterocycles. The maximum atomic E-state index is 6.12. The molecule has 5 heteroatoms. The van der Waals surface area contributed by atoms with Crippen LogP contribution in [0.2, 0.25) is 0 Å². The number of benzene rings is 1. The van der Waals surface area contributed by atoms with E-state index in [1.807, 2.05) is 23.0 Å². The number of aromatic nitrogens is 2. The molecule has 1 aromatic carbocycles. The van der Waals surface area contributed by atoms with Crippen molar-refractivity contribution in [3.63, 3.8) is 0 Å². The van der Waals surface area contributed by atoms with E-state index in [1.165, 1.54) is 10.4 Å². The largest absolute Gasteiger partial charge is 0.396 e. The van der Waals surface area contributed by atoms with Gasteiger partial charge >= 0.3 is 0 Å². The number of nitrogens with zero attached hydrogens (tertiary/aromatic N) is 2. The van der Waals surface area contributed by atoms with Crippen molar-refractivity contribution in [2.45, 2.75) is 19.9 Å². The number of anilines is 1. The molecule has 3 nitrogen and oxygen atoms in total. The third kappa shape index (κ3) is 3.19. The summed E-state index contributed by atoms with van der Waals surface area (Å²) in [7, 11) is 0. The molecule has 0 atom stereocenters. The first kappa shape index (κ1) is 14.4. The Hall–Kier alpha value is -1.59. The summed E-state index contributed by atoms with van der Waals surface area (Å²) in [5.41, 5.74) is 8.93. The zero-order chi connectivity index (χ0) is 14.8. The summed E-state index contributed by atoms with van der Waals surface area (Å²) < 4.78 is 2.98. The van der Waals surface area contributed by atoms with Crippen molar-refractivity contribution >= 4 is 33.0 Å². The van der Waals surface area contributed by atoms with E-state index in [9.17, 15) is 0 Å². The molecule has 0 aliphatic heterocycles. The maximum absolute atomic E-state index is 6.12. The van der Waals surface area contributed by atoms with Crippen molar-refractivity contribution in [2.24, 2.45) is 0 Å². The lowest BCUT2D eigenvalue weighted by atomic mass is 10.2. The molecule has 108 valence electrons. The molecule has 0 spiro atoms. The van der Waals surface area contributed by atoms with Crippen LogP contribution in [-0.2, 0) is 13.0 Å². The molecular weight excluding hydrogens is 346 g/mol. The summed E-state index contributed by atoms with van der Waals surface area (Å²) in [6.45, 7) is 2.88. The zero-order valence-corrected chi connectivity index (χ0v) is 14.1. The summed E-state index contributed by atoms with van der Waals surface area (Å²) in [5.74, 6) is 0. The van der Waals surface area contributed by atoms with Crippen LogP contribution in [0.15, 0.2) is 47.1 Å². The predicted octanol–water partition coefficient (Wildman–Crippen LogP) is 4.57. The van der Waals surface area contributed by atoms with Gasteiger partial charge in [0.25, 0.3) is 0 Å². The average molecular weight is 362 g/mol. The molecule has 0 bridgehead atoms. The fourth-order valence-electron chi connectivity index (χ4n) is 2.23. The second kappa shape index (κ2) is 6.03. The molecule has 0 aliphatic carbocycles. The summed E-state index contributed by atoms with van der Waals surface area (Å²) in [4.78, 5) is 2.49. The number of aryl methyl sites for hydroxylation is 1. The van der Waals surface area contributed by atoms with E-state index in [4.69, 9.17) is 5.73 Å². The average Bonchev–Trinajstić information content (AvgIpc) is 3.05. The van der Waals surface area contributed by atoms with Gasteiger partial charge in [0.2, 0.25) is 0 Å². The SMILES string of the molecule is CCc1ccc(-c2nn(Cc3cccc(Br)c3)cc2N)s1. The Morgan fingerprint density at radius 2 is 2.14 bits per heavy atom. The molecule has 0 aliphatic rings. The minimum atomic E-state index is 0.718. The van der Waals surface area contributed by atoms with Gasteiger partial charge in [0.1, 0.15) is 5.69 Å². The molecule has 3 aromatic rings. The topological polar surface area (TPSA) is 43.8 Å². The number of nitrogen functional groups attached to an aromatic ring is 1. The Morgan fingerprint density at radius 1 is 1.29 bits per heavy atom. The summed E-state index contributed by atoms with van der Waals surface area (Å²) in [6.07, 6.45) is 2.95. The van der Waals surface area contributed by atoms with Gasteiger partial charge in [-0.1, -0.05) is 35.0 Å². The van der Waals surface area contributed by atoms with Crippen LogP contribution in [0.25, 0.3) is 10.6 Å². The predicted molar refractivity (Wildman–Crippen MR) is 92.6 cm³/mol. The standard InChI is InChI=1S/C16H16BrN3S/c1-2-13-6-7-15(21-13)16-14(18)10-20(19-16)9-11-4-3-5-12(17)8-11/h3-8,10H,2,9,18H2,1H3. The van der Waals surface area contributed by atoms with Gasteiger partial charge in [-0.15, -0.1) is 11.3 Å². The highest BCUT2D eigenvalue weighted by atomic mass is 79.9. The number of thiophene rings is 1. The highest BCUT2D eigenvalue weighted by Gasteiger charge is 2.11. The second-order valence-electron chi connectivity index (χ2n) is 4.88. The molecular formula is C16H16BrN3S. The first-order valence-corrected chi connectivity index (χ1v) is 8.43. The number of rotatable bonds is 4. The van der Waals surface area contributed by atoms with Crippen LogP contribution in [0.4, 0.5) is 5.69 Å². The fourth-order valence-corrected chi connectivity index (χ4v) is 3.63. The smallest absolute Gasteiger partial charge is 0.125 e. The molecule has 3 rings (SSSR count). The summed E-state index contributed by atoms with van der Waals surface area (Å²) in [6, 6.07) is 12.5. The third-order valence-corrected chi connectivity index (χ3v) is 5.00. The van der Waals surface area contributed by atoms with Gasteiger partial charge in [0, 0.05) is 15.5 Å². The maximum Gasteiger partial charge on any atom is 0.125 e. The lowest BCUT2D eigenvalue weighted by Gasteiger charge is -2.02. The van der Waals surface area contributed by atoms with E-state index in [-0.39, 0.29) is 0 Å². The van der Waals surface area contributed by atoms with Crippen LogP contribution >= 0.6 is 27.3 Å². The van der Waals surface area contributed by atoms with Gasteiger partial charge in [0.05, 0.1) is 17.1 Å². The van der Waals surface area contributed by atoms with Gasteiger partial charge in [-0.05, 0) is 36.2 Å². The number of hydrogen-bond donors (Lipinski definition) is 1. The molecule has 0 saturated carbocycles. The van der Waals surface area contributed by atoms with E-state index >= 15 is 0 Å². The van der Waals surface area contributed by atoms with Crippen molar-refractivity contribution < 1.29 is 0 Å². The van der Waals surface area contributed by atoms with Crippen LogP contribution in [0, 0.1) is 0 Å². The minimum absolute atomic E-state index is 0.718. The van der Waals surface area contributed by atoms with Crippen LogP contribution in [0.3, 0.4) is 0 Å². The highest BCUT2D eigenvalue weighted by molar-refractivity contribution is 9.10. The zero-order valence-electron chi connectivity index (χ0n) is 11.7. The normalized spacial score (nSPS) is 11.0. The van der Waals surface area contributed by atoms with Gasteiger partial charge in [-0.25, -0.2) is 0 Å². The van der Waals surface area contributed by atoms with E-state index in [1.54, 1.807) is 11.3 Å². The molecule has 0 unspecified atom stereocenters. The molecule has 21 heavy (non-hydrogen) atoms. The van der Waals surface area contributed by atoms with Crippen LogP contribution < -0.4 is 5.73 Å². The lowest BCUT2D eigenvalue weighted by molar-refractivity contribution is 0.689. The summed E-state index contributed by atoms with van der Waals surface area (Å²) >= 11 is 5.25. The van der Waals surface area contributed by atoms with Gasteiger partial charge < -0.3 is 5.73 Å². The van der Waals surface area contributed by atoms with E-state index in [2.05, 4.69) is 52.2 Å². The fraction of sp³-hybridized carbons (Fsp3) is 0.188. The lowest BCUT2D eigenvalue weighted by Crippen LogP contribution is -2.00. The Labute approximate surface area is 136 Å². The number of nitrogens with two attached hydrogens (primary N) is 1. The Bertz CT molecular complexity index is 760. The van der Waals surface area contributed by atoms with Crippen molar-refractivity contribution in [3.05, 3.63) is 57.5 Å². The van der Waals surface area contributed by atoms with E-state index in [0.29, 0.717) is 0 Å². The van der Waals surface area contributed by atoms with Crippen molar-refractivity contribution in [2.75, 3.05) is 5.73 Å².